The predicted octanol–water partition coefficient (Wildman–Crippen LogP) is 8.41. The molecule has 1 aliphatic carbocycles. The van der Waals surface area contributed by atoms with Crippen LogP contribution in [0.5, 0.6) is 5.75 Å². The van der Waals surface area contributed by atoms with Crippen molar-refractivity contribution in [2.45, 2.75) is 44.6 Å². The second-order valence-electron chi connectivity index (χ2n) is 9.96. The van der Waals surface area contributed by atoms with Crippen LogP contribution in [0, 0.1) is 0 Å². The van der Waals surface area contributed by atoms with Gasteiger partial charge in [0.1, 0.15) is 11.4 Å². The first-order valence-electron chi connectivity index (χ1n) is 13.3. The van der Waals surface area contributed by atoms with E-state index in [9.17, 15) is 4.79 Å². The first-order chi connectivity index (χ1) is 19.5. The number of benzene rings is 2. The number of rotatable bonds is 9. The van der Waals surface area contributed by atoms with Gasteiger partial charge in [0.2, 0.25) is 0 Å². The summed E-state index contributed by atoms with van der Waals surface area (Å²) in [6.07, 6.45) is 4.54. The molecule has 1 amide bonds. The Labute approximate surface area is 267 Å². The minimum atomic E-state index is -1.83. The summed E-state index contributed by atoms with van der Waals surface area (Å²) in [7, 11) is 4.06. The number of ether oxygens (including phenoxy) is 1. The second-order valence-corrected chi connectivity index (χ2v) is 11.2. The van der Waals surface area contributed by atoms with Crippen LogP contribution in [-0.2, 0) is 0 Å². The summed E-state index contributed by atoms with van der Waals surface area (Å²) in [6.45, 7) is 1.45. The number of carbonyl (C=O) groups excluding carboxylic acids is 1. The quantitative estimate of drug-likeness (QED) is 0.198. The van der Waals surface area contributed by atoms with Gasteiger partial charge in [-0.1, -0.05) is 66.2 Å². The van der Waals surface area contributed by atoms with Crippen LogP contribution in [0.1, 0.15) is 49.0 Å². The number of nitrogens with zero attached hydrogens (tertiary/aromatic N) is 2. The Morgan fingerprint density at radius 2 is 1.62 bits per heavy atom. The van der Waals surface area contributed by atoms with Crippen LogP contribution in [0.3, 0.4) is 0 Å². The van der Waals surface area contributed by atoms with Crippen molar-refractivity contribution in [1.29, 1.82) is 0 Å². The van der Waals surface area contributed by atoms with Gasteiger partial charge in [-0.15, -0.1) is 12.4 Å². The average molecular weight is 659 g/mol. The van der Waals surface area contributed by atoms with E-state index in [4.69, 9.17) is 59.5 Å². The van der Waals surface area contributed by atoms with Crippen LogP contribution in [0.4, 0.5) is 4.79 Å². The van der Waals surface area contributed by atoms with Gasteiger partial charge in [0, 0.05) is 39.3 Å². The van der Waals surface area contributed by atoms with E-state index in [1.54, 1.807) is 24.3 Å². The summed E-state index contributed by atoms with van der Waals surface area (Å²) in [6, 6.07) is 14.7. The molecule has 0 bridgehead atoms. The lowest BCUT2D eigenvalue weighted by Gasteiger charge is -2.22. The van der Waals surface area contributed by atoms with Crippen LogP contribution in [-0.4, -0.2) is 65.4 Å². The minimum absolute atomic E-state index is 0. The number of pyridine rings is 1. The summed E-state index contributed by atoms with van der Waals surface area (Å²) in [4.78, 5) is 28.6. The molecule has 2 aromatic carbocycles. The minimum Gasteiger partial charge on any atom is -0.492 e. The van der Waals surface area contributed by atoms with E-state index in [1.807, 2.05) is 38.4 Å². The summed E-state index contributed by atoms with van der Waals surface area (Å²) >= 11 is 19.2. The van der Waals surface area contributed by atoms with Gasteiger partial charge in [-0.05, 0) is 69.8 Å². The van der Waals surface area contributed by atoms with Gasteiger partial charge in [-0.3, -0.25) is 4.79 Å². The fourth-order valence-corrected chi connectivity index (χ4v) is 5.24. The lowest BCUT2D eigenvalue weighted by Crippen LogP contribution is -2.36. The Morgan fingerprint density at radius 3 is 2.26 bits per heavy atom. The Bertz CT molecular complexity index is 1350. The van der Waals surface area contributed by atoms with Crippen LogP contribution >= 0.6 is 47.2 Å². The lowest BCUT2D eigenvalue weighted by atomic mass is 9.95. The lowest BCUT2D eigenvalue weighted by molar-refractivity contribution is 0.0922. The topological polar surface area (TPSA) is 112 Å². The maximum Gasteiger partial charge on any atom is 0.503 e. The average Bonchev–Trinajstić information content (AvgIpc) is 2.92. The van der Waals surface area contributed by atoms with E-state index in [-0.39, 0.29) is 24.4 Å². The largest absolute Gasteiger partial charge is 0.503 e. The van der Waals surface area contributed by atoms with Crippen molar-refractivity contribution < 1.29 is 24.5 Å². The molecule has 1 fully saturated rings. The molecule has 42 heavy (non-hydrogen) atoms. The molecule has 0 spiro atoms. The number of halogens is 4. The fourth-order valence-electron chi connectivity index (χ4n) is 4.56. The Kier molecular flexibility index (Phi) is 14.7. The standard InChI is InChI=1S/C29H32Cl3N3O2.CH2O3.ClH/c1-35(2)15-6-16-37-27-17-19(9-13-24(27)31)28-23(22-11-10-20(30)18-25(22)32)12-14-26(34-28)29(36)33-21-7-4-3-5-8-21;2-1(3)4;/h9-14,17-18,21H,3-8,15-16H2,1-2H3,(H,33,36);(H2,2,3,4);1H. The number of carboxylic acid groups (broad SMARTS) is 2. The van der Waals surface area contributed by atoms with Crippen molar-refractivity contribution in [3.05, 3.63) is 69.3 Å². The van der Waals surface area contributed by atoms with E-state index in [2.05, 4.69) is 10.2 Å². The highest BCUT2D eigenvalue weighted by Gasteiger charge is 2.21. The van der Waals surface area contributed by atoms with Gasteiger partial charge in [-0.2, -0.15) is 0 Å². The highest BCUT2D eigenvalue weighted by Crippen LogP contribution is 2.38. The van der Waals surface area contributed by atoms with E-state index in [0.717, 1.165) is 55.3 Å². The molecule has 1 aliphatic rings. The molecular weight excluding hydrogens is 624 g/mol. The van der Waals surface area contributed by atoms with Crippen molar-refractivity contribution in [3.63, 3.8) is 0 Å². The van der Waals surface area contributed by atoms with Gasteiger partial charge >= 0.3 is 6.16 Å². The first-order valence-corrected chi connectivity index (χ1v) is 14.4. The number of aromatic nitrogens is 1. The molecule has 1 heterocycles. The summed E-state index contributed by atoms with van der Waals surface area (Å²) in [5.74, 6) is 0.404. The molecule has 1 aromatic heterocycles. The Morgan fingerprint density at radius 1 is 0.952 bits per heavy atom. The van der Waals surface area contributed by atoms with Crippen LogP contribution in [0.15, 0.2) is 48.5 Å². The molecule has 1 saturated carbocycles. The summed E-state index contributed by atoms with van der Waals surface area (Å²) in [5.41, 5.74) is 3.32. The van der Waals surface area contributed by atoms with Gasteiger partial charge in [0.25, 0.3) is 5.91 Å². The number of amides is 1. The van der Waals surface area contributed by atoms with Crippen molar-refractivity contribution >= 4 is 59.3 Å². The van der Waals surface area contributed by atoms with Crippen molar-refractivity contribution in [2.75, 3.05) is 27.2 Å². The monoisotopic (exact) mass is 657 g/mol. The zero-order valence-corrected chi connectivity index (χ0v) is 26.5. The summed E-state index contributed by atoms with van der Waals surface area (Å²) in [5, 5.41) is 18.7. The zero-order valence-electron chi connectivity index (χ0n) is 23.4. The Hall–Kier alpha value is -2.75. The maximum absolute atomic E-state index is 13.1. The molecule has 12 heteroatoms. The van der Waals surface area contributed by atoms with E-state index in [1.165, 1.54) is 6.42 Å². The number of carbonyl (C=O) groups is 2. The van der Waals surface area contributed by atoms with Gasteiger partial charge in [0.15, 0.2) is 0 Å². The zero-order chi connectivity index (χ0) is 29.9. The Balaban J connectivity index is 0.00000116. The van der Waals surface area contributed by atoms with Crippen molar-refractivity contribution in [3.8, 4) is 28.1 Å². The third-order valence-corrected chi connectivity index (χ3v) is 7.36. The molecule has 0 unspecified atom stereocenters. The van der Waals surface area contributed by atoms with Crippen molar-refractivity contribution in [1.82, 2.24) is 15.2 Å². The van der Waals surface area contributed by atoms with Gasteiger partial charge < -0.3 is 25.2 Å². The summed E-state index contributed by atoms with van der Waals surface area (Å²) < 4.78 is 6.00. The molecule has 0 radical (unpaired) electrons. The maximum atomic E-state index is 13.1. The fraction of sp³-hybridized carbons (Fsp3) is 0.367. The smallest absolute Gasteiger partial charge is 0.492 e. The third-order valence-electron chi connectivity index (χ3n) is 6.50. The molecule has 0 aliphatic heterocycles. The number of hydrogen-bond donors (Lipinski definition) is 3. The molecule has 0 atom stereocenters. The molecular formula is C30H35Cl4N3O5. The highest BCUT2D eigenvalue weighted by molar-refractivity contribution is 6.36. The number of nitrogens with one attached hydrogen (secondary N) is 1. The molecule has 3 N–H and O–H groups in total. The van der Waals surface area contributed by atoms with E-state index >= 15 is 0 Å². The first kappa shape index (κ1) is 35.4. The third kappa shape index (κ3) is 10.8. The molecule has 0 saturated heterocycles. The molecule has 228 valence electrons. The van der Waals surface area contributed by atoms with Gasteiger partial charge in [0.05, 0.1) is 17.3 Å². The van der Waals surface area contributed by atoms with E-state index in [0.29, 0.717) is 38.8 Å². The SMILES string of the molecule is CN(C)CCCOc1cc(-c2nc(C(=O)NC3CCCCC3)ccc2-c2ccc(Cl)cc2Cl)ccc1Cl.Cl.O=C(O)O. The van der Waals surface area contributed by atoms with Crippen LogP contribution < -0.4 is 10.1 Å². The predicted molar refractivity (Wildman–Crippen MR) is 171 cm³/mol. The molecule has 4 rings (SSSR count). The van der Waals surface area contributed by atoms with Crippen LogP contribution in [0.25, 0.3) is 22.4 Å². The molecule has 8 nitrogen and oxygen atoms in total. The molecule has 3 aromatic rings. The normalized spacial score (nSPS) is 13.0. The van der Waals surface area contributed by atoms with Gasteiger partial charge in [-0.25, -0.2) is 9.78 Å². The van der Waals surface area contributed by atoms with Crippen molar-refractivity contribution in [2.24, 2.45) is 0 Å². The van der Waals surface area contributed by atoms with E-state index < -0.39 is 6.16 Å². The van der Waals surface area contributed by atoms with Crippen LogP contribution in [0.2, 0.25) is 15.1 Å². The second kappa shape index (κ2) is 17.4. The highest BCUT2D eigenvalue weighted by atomic mass is 35.5. The number of hydrogen-bond acceptors (Lipinski definition) is 5.